The zero-order valence-electron chi connectivity index (χ0n) is 19.8. The Balaban J connectivity index is 1.15. The zero-order valence-corrected chi connectivity index (χ0v) is 19.8. The Labute approximate surface area is 205 Å². The first-order chi connectivity index (χ1) is 17.0. The van der Waals surface area contributed by atoms with Gasteiger partial charge in [0, 0.05) is 6.42 Å². The van der Waals surface area contributed by atoms with E-state index in [-0.39, 0.29) is 61.0 Å². The summed E-state index contributed by atoms with van der Waals surface area (Å²) in [4.78, 5) is 11.5. The maximum atomic E-state index is 11.5. The molecule has 0 amide bonds. The van der Waals surface area contributed by atoms with Crippen molar-refractivity contribution in [3.8, 4) is 0 Å². The predicted octanol–water partition coefficient (Wildman–Crippen LogP) is 1.38. The monoisotopic (exact) mass is 490 g/mol. The van der Waals surface area contributed by atoms with E-state index in [4.69, 9.17) is 33.2 Å². The molecule has 12 atom stereocenters. The molecule has 0 saturated carbocycles. The summed E-state index contributed by atoms with van der Waals surface area (Å²) in [7, 11) is 0. The van der Waals surface area contributed by atoms with Crippen molar-refractivity contribution in [2.75, 3.05) is 13.2 Å². The lowest BCUT2D eigenvalue weighted by Gasteiger charge is -2.49. The third kappa shape index (κ3) is 4.93. The predicted molar refractivity (Wildman–Crippen MR) is 122 cm³/mol. The van der Waals surface area contributed by atoms with Gasteiger partial charge < -0.3 is 38.3 Å². The first-order valence-electron chi connectivity index (χ1n) is 12.7. The second-order valence-electron chi connectivity index (χ2n) is 10.2. The van der Waals surface area contributed by atoms with Gasteiger partial charge in [-0.25, -0.2) is 0 Å². The number of hydrogen-bond donors (Lipinski definition) is 1. The van der Waals surface area contributed by atoms with Crippen LogP contribution in [0, 0.1) is 0 Å². The Hall–Kier alpha value is -1.43. The van der Waals surface area contributed by atoms with Gasteiger partial charge in [-0.15, -0.1) is 0 Å². The normalized spacial score (nSPS) is 50.0. The van der Waals surface area contributed by atoms with Gasteiger partial charge in [-0.1, -0.05) is 36.5 Å². The molecule has 6 aliphatic heterocycles. The molecular formula is C26H34O9. The molecule has 6 rings (SSSR count). The van der Waals surface area contributed by atoms with Crippen molar-refractivity contribution in [2.45, 2.75) is 106 Å². The largest absolute Gasteiger partial charge is 0.387 e. The van der Waals surface area contributed by atoms with Crippen LogP contribution in [0.2, 0.25) is 0 Å². The zero-order chi connectivity index (χ0) is 23.9. The Morgan fingerprint density at radius 1 is 0.771 bits per heavy atom. The number of ether oxygens (including phenoxy) is 7. The second kappa shape index (κ2) is 10.1. The first kappa shape index (κ1) is 23.9. The highest BCUT2D eigenvalue weighted by atomic mass is 16.7. The molecular weight excluding hydrogens is 456 g/mol. The molecule has 0 unspecified atom stereocenters. The summed E-state index contributed by atoms with van der Waals surface area (Å²) < 4.78 is 43.2. The van der Waals surface area contributed by atoms with E-state index in [2.05, 4.69) is 6.08 Å². The lowest BCUT2D eigenvalue weighted by Crippen LogP contribution is -2.63. The standard InChI is InChI=1S/C26H34O9/c1-14(27)11-23-30-13-22-16(34-23)7-4-6-15-17(32-22)8-9-18-20(31-15)12-21-26(35-18)24(28)25-19(33-21)5-2-3-10-29-25/h2-4,7-9,15-26,28H,5-6,10-13H2,1H3/b7-4-/t15-,16+,17+,18-,19+,20+,21-,22-,23-,24-,25+,26-/m1/s1. The fraction of sp³-hybridized carbons (Fsp3) is 0.731. The maximum absolute atomic E-state index is 11.5. The number of carbonyl (C=O) groups is 1. The van der Waals surface area contributed by atoms with Gasteiger partial charge in [0.1, 0.15) is 48.5 Å². The SMILES string of the molecule is CC(=O)C[C@@H]1OC[C@H]2O[C@H]3C=C[C@H]4O[C@H]5[C@H](O)[C@H]6OCC=CC[C@@H]6O[C@@H]5C[C@@H]4O[C@@H]3C/C=C\[C@@H]2O1. The van der Waals surface area contributed by atoms with Crippen LogP contribution < -0.4 is 0 Å². The summed E-state index contributed by atoms with van der Waals surface area (Å²) in [5.41, 5.74) is 0. The van der Waals surface area contributed by atoms with E-state index < -0.39 is 24.6 Å². The van der Waals surface area contributed by atoms with E-state index in [0.29, 0.717) is 32.5 Å². The smallest absolute Gasteiger partial charge is 0.165 e. The molecule has 3 saturated heterocycles. The number of Topliss-reactive ketones (excluding diaryl/α,β-unsaturated/α-hetero) is 1. The lowest BCUT2D eigenvalue weighted by molar-refractivity contribution is -0.289. The minimum absolute atomic E-state index is 0.0273. The molecule has 6 heterocycles. The number of aliphatic hydroxyl groups excluding tert-OH is 1. The van der Waals surface area contributed by atoms with E-state index in [1.165, 1.54) is 6.92 Å². The highest BCUT2D eigenvalue weighted by Crippen LogP contribution is 2.38. The minimum atomic E-state index is -0.760. The van der Waals surface area contributed by atoms with Gasteiger partial charge in [-0.2, -0.15) is 0 Å². The molecule has 9 heteroatoms. The van der Waals surface area contributed by atoms with Gasteiger partial charge in [0.25, 0.3) is 0 Å². The van der Waals surface area contributed by atoms with Crippen molar-refractivity contribution >= 4 is 5.78 Å². The van der Waals surface area contributed by atoms with Crippen LogP contribution in [0.5, 0.6) is 0 Å². The van der Waals surface area contributed by atoms with E-state index in [0.717, 1.165) is 0 Å². The van der Waals surface area contributed by atoms with Crippen molar-refractivity contribution < 1.29 is 43.1 Å². The molecule has 3 fully saturated rings. The van der Waals surface area contributed by atoms with E-state index >= 15 is 0 Å². The molecule has 0 spiro atoms. The molecule has 9 nitrogen and oxygen atoms in total. The molecule has 0 aromatic rings. The van der Waals surface area contributed by atoms with E-state index in [1.54, 1.807) is 0 Å². The van der Waals surface area contributed by atoms with Crippen LogP contribution in [0.3, 0.4) is 0 Å². The number of hydrogen-bond acceptors (Lipinski definition) is 9. The Morgan fingerprint density at radius 3 is 2.40 bits per heavy atom. The van der Waals surface area contributed by atoms with Gasteiger partial charge in [0.2, 0.25) is 0 Å². The fourth-order valence-electron chi connectivity index (χ4n) is 5.90. The van der Waals surface area contributed by atoms with Gasteiger partial charge in [0.05, 0.1) is 44.1 Å². The molecule has 1 N–H and O–H groups in total. The third-order valence-electron chi connectivity index (χ3n) is 7.63. The molecule has 0 radical (unpaired) electrons. The highest BCUT2D eigenvalue weighted by Gasteiger charge is 2.52. The highest BCUT2D eigenvalue weighted by molar-refractivity contribution is 5.75. The number of carbonyl (C=O) groups excluding carboxylic acids is 1. The van der Waals surface area contributed by atoms with Crippen molar-refractivity contribution in [1.29, 1.82) is 0 Å². The Kier molecular flexibility index (Phi) is 6.94. The number of aliphatic hydroxyl groups is 1. The van der Waals surface area contributed by atoms with Crippen molar-refractivity contribution in [3.63, 3.8) is 0 Å². The average Bonchev–Trinajstić information content (AvgIpc) is 3.15. The van der Waals surface area contributed by atoms with Crippen LogP contribution in [-0.2, 0) is 38.0 Å². The van der Waals surface area contributed by atoms with Crippen molar-refractivity contribution in [2.24, 2.45) is 0 Å². The summed E-state index contributed by atoms with van der Waals surface area (Å²) in [6.45, 7) is 2.34. The van der Waals surface area contributed by atoms with Crippen molar-refractivity contribution in [3.05, 3.63) is 36.5 Å². The number of ketones is 1. The molecule has 0 aliphatic carbocycles. The molecule has 0 aromatic heterocycles. The van der Waals surface area contributed by atoms with Crippen LogP contribution in [0.4, 0.5) is 0 Å². The first-order valence-corrected chi connectivity index (χ1v) is 12.7. The van der Waals surface area contributed by atoms with Crippen LogP contribution in [0.1, 0.15) is 32.6 Å². The van der Waals surface area contributed by atoms with Crippen molar-refractivity contribution in [1.82, 2.24) is 0 Å². The van der Waals surface area contributed by atoms with Crippen LogP contribution in [-0.4, -0.2) is 97.5 Å². The molecule has 6 aliphatic rings. The summed E-state index contributed by atoms with van der Waals surface area (Å²) in [5, 5.41) is 11.1. The molecule has 35 heavy (non-hydrogen) atoms. The lowest BCUT2D eigenvalue weighted by atomic mass is 9.87. The van der Waals surface area contributed by atoms with Gasteiger partial charge in [-0.05, 0) is 19.8 Å². The second-order valence-corrected chi connectivity index (χ2v) is 10.2. The third-order valence-corrected chi connectivity index (χ3v) is 7.63. The van der Waals surface area contributed by atoms with Gasteiger partial charge in [0.15, 0.2) is 6.29 Å². The minimum Gasteiger partial charge on any atom is -0.387 e. The summed E-state index contributed by atoms with van der Waals surface area (Å²) >= 11 is 0. The number of fused-ring (bicyclic) bond motifs is 5. The van der Waals surface area contributed by atoms with Gasteiger partial charge in [-0.3, -0.25) is 4.79 Å². The average molecular weight is 491 g/mol. The number of rotatable bonds is 2. The van der Waals surface area contributed by atoms with Gasteiger partial charge >= 0.3 is 0 Å². The van der Waals surface area contributed by atoms with Crippen LogP contribution in [0.25, 0.3) is 0 Å². The Morgan fingerprint density at radius 2 is 1.54 bits per heavy atom. The Bertz CT molecular complexity index is 871. The van der Waals surface area contributed by atoms with Crippen LogP contribution in [0.15, 0.2) is 36.5 Å². The van der Waals surface area contributed by atoms with Crippen LogP contribution >= 0.6 is 0 Å². The van der Waals surface area contributed by atoms with E-state index in [9.17, 15) is 9.90 Å². The van der Waals surface area contributed by atoms with E-state index in [1.807, 2.05) is 30.4 Å². The molecule has 0 bridgehead atoms. The molecule has 0 aromatic carbocycles. The molecule has 192 valence electrons. The fourth-order valence-corrected chi connectivity index (χ4v) is 5.90. The maximum Gasteiger partial charge on any atom is 0.165 e. The quantitative estimate of drug-likeness (QED) is 0.575. The summed E-state index contributed by atoms with van der Waals surface area (Å²) in [6.07, 6.45) is 10.0. The topological polar surface area (TPSA) is 102 Å². The summed E-state index contributed by atoms with van der Waals surface area (Å²) in [5.74, 6) is 0.0273. The summed E-state index contributed by atoms with van der Waals surface area (Å²) in [6, 6.07) is 0.